The number of unbranched alkanes of at least 4 members (excludes halogenated alkanes) is 2. The van der Waals surface area contributed by atoms with Crippen LogP contribution in [0.3, 0.4) is 0 Å². The highest BCUT2D eigenvalue weighted by Crippen LogP contribution is 2.54. The Bertz CT molecular complexity index is 450. The van der Waals surface area contributed by atoms with Gasteiger partial charge in [-0.2, -0.15) is 0 Å². The van der Waals surface area contributed by atoms with Crippen molar-refractivity contribution >= 4 is 8.32 Å². The summed E-state index contributed by atoms with van der Waals surface area (Å²) in [7, 11) is -1.64. The minimum absolute atomic E-state index is 0.589. The predicted octanol–water partition coefficient (Wildman–Crippen LogP) is 6.05. The Morgan fingerprint density at radius 1 is 1.00 bits per heavy atom. The van der Waals surface area contributed by atoms with Crippen LogP contribution in [0.4, 0.5) is 0 Å². The highest BCUT2D eigenvalue weighted by Gasteiger charge is 2.57. The van der Waals surface area contributed by atoms with Crippen LogP contribution in [0.1, 0.15) is 69.9 Å². The summed E-state index contributed by atoms with van der Waals surface area (Å²) in [5, 5.41) is 0. The van der Waals surface area contributed by atoms with Gasteiger partial charge in [-0.3, -0.25) is 0 Å². The molecule has 3 atom stereocenters. The first-order valence-corrected chi connectivity index (χ1v) is 11.9. The molecule has 0 N–H and O–H groups in total. The second-order valence-electron chi connectivity index (χ2n) is 7.41. The molecule has 2 heteroatoms. The van der Waals surface area contributed by atoms with Gasteiger partial charge in [-0.1, -0.05) is 76.3 Å². The summed E-state index contributed by atoms with van der Waals surface area (Å²) in [6.45, 7) is 4.66. The molecule has 0 aromatic heterocycles. The van der Waals surface area contributed by atoms with Gasteiger partial charge in [0.05, 0.1) is 0 Å². The van der Waals surface area contributed by atoms with Gasteiger partial charge in [-0.25, -0.2) is 0 Å². The van der Waals surface area contributed by atoms with Crippen LogP contribution < -0.4 is 0 Å². The molecule has 0 amide bonds. The Hall–Kier alpha value is -0.603. The van der Waals surface area contributed by atoms with Crippen LogP contribution in [-0.2, 0) is 4.43 Å². The fraction of sp³-hybridized carbons (Fsp3) is 0.700. The monoisotopic (exact) mass is 316 g/mol. The van der Waals surface area contributed by atoms with Crippen molar-refractivity contribution in [1.82, 2.24) is 0 Å². The lowest BCUT2D eigenvalue weighted by atomic mass is 9.95. The van der Waals surface area contributed by atoms with E-state index in [9.17, 15) is 0 Å². The molecule has 1 saturated carbocycles. The molecule has 0 radical (unpaired) electrons. The second kappa shape index (κ2) is 7.31. The molecular weight excluding hydrogens is 284 g/mol. The first-order valence-electron chi connectivity index (χ1n) is 9.53. The van der Waals surface area contributed by atoms with Crippen molar-refractivity contribution in [1.29, 1.82) is 0 Å². The summed E-state index contributed by atoms with van der Waals surface area (Å²) in [5.74, 6) is 0.822. The van der Waals surface area contributed by atoms with Gasteiger partial charge in [0.15, 0.2) is 0 Å². The molecule has 3 rings (SSSR count). The van der Waals surface area contributed by atoms with Crippen molar-refractivity contribution in [2.24, 2.45) is 5.92 Å². The third-order valence-corrected chi connectivity index (χ3v) is 11.0. The van der Waals surface area contributed by atoms with E-state index in [1.807, 2.05) is 0 Å². The highest BCUT2D eigenvalue weighted by atomic mass is 28.4. The van der Waals surface area contributed by atoms with Crippen molar-refractivity contribution in [3.63, 3.8) is 0 Å². The van der Waals surface area contributed by atoms with Crippen LogP contribution in [-0.4, -0.2) is 14.4 Å². The average Bonchev–Trinajstić information content (AvgIpc) is 3.10. The number of hydrogen-bond donors (Lipinski definition) is 0. The lowest BCUT2D eigenvalue weighted by molar-refractivity contribution is 0.195. The van der Waals surface area contributed by atoms with E-state index in [0.717, 1.165) is 11.5 Å². The van der Waals surface area contributed by atoms with E-state index >= 15 is 0 Å². The van der Waals surface area contributed by atoms with Gasteiger partial charge >= 0.3 is 0 Å². The molecule has 2 aliphatic rings. The highest BCUT2D eigenvalue weighted by molar-refractivity contribution is 6.76. The van der Waals surface area contributed by atoms with Crippen LogP contribution in [0.15, 0.2) is 30.3 Å². The Labute approximate surface area is 137 Å². The van der Waals surface area contributed by atoms with Crippen molar-refractivity contribution in [2.75, 3.05) is 0 Å². The molecule has 0 bridgehead atoms. The number of hydrogen-bond acceptors (Lipinski definition) is 1. The molecule has 122 valence electrons. The van der Waals surface area contributed by atoms with Crippen LogP contribution in [0.2, 0.25) is 12.1 Å². The molecular formula is C20H32OSi. The van der Waals surface area contributed by atoms with Crippen molar-refractivity contribution < 1.29 is 4.43 Å². The standard InChI is InChI=1S/C20H32OSi/c1-3-5-15-22(16-6-4-2)20(17-11-8-7-9-12-17)18-13-10-14-19(18)21-22/h7-9,11-12,18-20H,3-6,10,13-16H2,1-2H3/t18-,19+,20-/m0/s1. The van der Waals surface area contributed by atoms with E-state index in [4.69, 9.17) is 4.43 Å². The Balaban J connectivity index is 1.93. The Morgan fingerprint density at radius 3 is 2.32 bits per heavy atom. The molecule has 1 aromatic carbocycles. The fourth-order valence-electron chi connectivity index (χ4n) is 4.96. The van der Waals surface area contributed by atoms with Gasteiger partial charge in [-0.15, -0.1) is 0 Å². The molecule has 1 saturated heterocycles. The predicted molar refractivity (Wildman–Crippen MR) is 96.6 cm³/mol. The SMILES string of the molecule is CCCC[Si]1(CCCC)O[C@@H]2CCC[C@@H]2[C@@H]1c1ccccc1. The van der Waals surface area contributed by atoms with Crippen LogP contribution >= 0.6 is 0 Å². The molecule has 1 aromatic rings. The minimum atomic E-state index is -1.64. The van der Waals surface area contributed by atoms with E-state index < -0.39 is 8.32 Å². The molecule has 22 heavy (non-hydrogen) atoms. The smallest absolute Gasteiger partial charge is 0.200 e. The zero-order chi connectivity index (χ0) is 15.4. The summed E-state index contributed by atoms with van der Waals surface area (Å²) < 4.78 is 6.98. The Morgan fingerprint density at radius 2 is 1.68 bits per heavy atom. The molecule has 1 heterocycles. The maximum absolute atomic E-state index is 6.98. The quantitative estimate of drug-likeness (QED) is 0.556. The molecule has 1 aliphatic heterocycles. The van der Waals surface area contributed by atoms with Gasteiger partial charge in [0.1, 0.15) is 0 Å². The van der Waals surface area contributed by atoms with Gasteiger partial charge in [-0.05, 0) is 36.4 Å². The van der Waals surface area contributed by atoms with Gasteiger partial charge in [0.2, 0.25) is 8.32 Å². The van der Waals surface area contributed by atoms with E-state index in [-0.39, 0.29) is 0 Å². The number of benzene rings is 1. The third-order valence-electron chi connectivity index (χ3n) is 5.95. The molecule has 0 unspecified atom stereocenters. The third kappa shape index (κ3) is 3.05. The summed E-state index contributed by atoms with van der Waals surface area (Å²) in [4.78, 5) is 0. The minimum Gasteiger partial charge on any atom is -0.413 e. The topological polar surface area (TPSA) is 9.23 Å². The van der Waals surface area contributed by atoms with Crippen molar-refractivity contribution in [3.05, 3.63) is 35.9 Å². The molecule has 2 fully saturated rings. The maximum Gasteiger partial charge on any atom is 0.200 e. The van der Waals surface area contributed by atoms with Crippen LogP contribution in [0.25, 0.3) is 0 Å². The van der Waals surface area contributed by atoms with Gasteiger partial charge in [0, 0.05) is 11.6 Å². The normalized spacial score (nSPS) is 29.6. The molecule has 0 spiro atoms. The molecule has 1 aliphatic carbocycles. The summed E-state index contributed by atoms with van der Waals surface area (Å²) in [6.07, 6.45) is 10.0. The van der Waals surface area contributed by atoms with E-state index in [2.05, 4.69) is 44.2 Å². The van der Waals surface area contributed by atoms with E-state index in [0.29, 0.717) is 6.10 Å². The van der Waals surface area contributed by atoms with E-state index in [1.165, 1.54) is 57.0 Å². The second-order valence-corrected chi connectivity index (χ2v) is 11.4. The van der Waals surface area contributed by atoms with Crippen LogP contribution in [0, 0.1) is 5.92 Å². The lowest BCUT2D eigenvalue weighted by Gasteiger charge is -2.34. The molecule has 1 nitrogen and oxygen atoms in total. The van der Waals surface area contributed by atoms with Gasteiger partial charge in [0.25, 0.3) is 0 Å². The average molecular weight is 317 g/mol. The summed E-state index contributed by atoms with van der Waals surface area (Å²) in [6, 6.07) is 14.2. The van der Waals surface area contributed by atoms with Crippen molar-refractivity contribution in [3.8, 4) is 0 Å². The number of fused-ring (bicyclic) bond motifs is 1. The first kappa shape index (κ1) is 16.3. The van der Waals surface area contributed by atoms with Gasteiger partial charge < -0.3 is 4.43 Å². The largest absolute Gasteiger partial charge is 0.413 e. The first-order chi connectivity index (χ1) is 10.8. The zero-order valence-electron chi connectivity index (χ0n) is 14.4. The van der Waals surface area contributed by atoms with E-state index in [1.54, 1.807) is 5.56 Å². The van der Waals surface area contributed by atoms with Crippen LogP contribution in [0.5, 0.6) is 0 Å². The Kier molecular flexibility index (Phi) is 5.40. The maximum atomic E-state index is 6.98. The fourth-order valence-corrected chi connectivity index (χ4v) is 11.0. The number of rotatable bonds is 7. The summed E-state index contributed by atoms with van der Waals surface area (Å²) >= 11 is 0. The lowest BCUT2D eigenvalue weighted by Crippen LogP contribution is -2.41. The van der Waals surface area contributed by atoms with Crippen molar-refractivity contribution in [2.45, 2.75) is 82.5 Å². The summed E-state index contributed by atoms with van der Waals surface area (Å²) in [5.41, 5.74) is 2.36. The zero-order valence-corrected chi connectivity index (χ0v) is 15.4.